The summed E-state index contributed by atoms with van der Waals surface area (Å²) in [5.41, 5.74) is 12.5. The second-order valence-corrected chi connectivity index (χ2v) is 5.07. The average Bonchev–Trinajstić information content (AvgIpc) is 2.44. The Bertz CT molecular complexity index is 587. The Morgan fingerprint density at radius 3 is 2.48 bits per heavy atom. The van der Waals surface area contributed by atoms with E-state index in [0.29, 0.717) is 0 Å². The van der Waals surface area contributed by atoms with Gasteiger partial charge in [0.05, 0.1) is 12.5 Å². The number of hydrogen-bond donors (Lipinski definition) is 3. The van der Waals surface area contributed by atoms with Gasteiger partial charge in [0.25, 0.3) is 0 Å². The molecule has 0 aliphatic carbocycles. The molecule has 1 unspecified atom stereocenters. The Morgan fingerprint density at radius 2 is 1.90 bits per heavy atom. The van der Waals surface area contributed by atoms with E-state index in [0.717, 1.165) is 11.1 Å². The third-order valence-corrected chi connectivity index (χ3v) is 3.55. The van der Waals surface area contributed by atoms with Crippen molar-refractivity contribution in [2.75, 3.05) is 0 Å². The number of fused-ring (bicyclic) bond motifs is 1. The number of hydrogen-bond acceptors (Lipinski definition) is 4. The molecule has 2 atom stereocenters. The van der Waals surface area contributed by atoms with Crippen LogP contribution < -0.4 is 11.5 Å². The molecule has 1 aromatic carbocycles. The van der Waals surface area contributed by atoms with Crippen LogP contribution >= 0.6 is 0 Å². The zero-order valence-corrected chi connectivity index (χ0v) is 11.4. The van der Waals surface area contributed by atoms with Gasteiger partial charge in [0.15, 0.2) is 0 Å². The normalized spacial score (nSPS) is 18.7. The highest BCUT2D eigenvalue weighted by atomic mass is 16.4. The van der Waals surface area contributed by atoms with E-state index in [2.05, 4.69) is 0 Å². The third kappa shape index (κ3) is 3.19. The maximum atomic E-state index is 12.3. The summed E-state index contributed by atoms with van der Waals surface area (Å²) >= 11 is 0. The quantitative estimate of drug-likeness (QED) is 0.671. The first kappa shape index (κ1) is 15.0. The molecule has 2 rings (SSSR count). The number of carboxylic acids is 1. The predicted octanol–water partition coefficient (Wildman–Crippen LogP) is -0.773. The molecule has 0 fully saturated rings. The largest absolute Gasteiger partial charge is 0.480 e. The molecule has 1 aromatic rings. The van der Waals surface area contributed by atoms with E-state index < -0.39 is 29.9 Å². The molecule has 0 radical (unpaired) electrons. The van der Waals surface area contributed by atoms with Gasteiger partial charge in [0.1, 0.15) is 6.04 Å². The minimum atomic E-state index is -1.12. The summed E-state index contributed by atoms with van der Waals surface area (Å²) in [6.07, 6.45) is -0.0795. The molecule has 2 amide bonds. The molecule has 1 aliphatic heterocycles. The van der Waals surface area contributed by atoms with E-state index in [1.807, 2.05) is 24.3 Å². The van der Waals surface area contributed by atoms with Crippen molar-refractivity contribution in [1.29, 1.82) is 0 Å². The number of aliphatic carboxylic acids is 1. The van der Waals surface area contributed by atoms with Crippen molar-refractivity contribution in [3.05, 3.63) is 35.4 Å². The van der Waals surface area contributed by atoms with Crippen LogP contribution in [0.3, 0.4) is 0 Å². The lowest BCUT2D eigenvalue weighted by Gasteiger charge is -2.35. The first-order valence-electron chi connectivity index (χ1n) is 6.54. The molecule has 0 spiro atoms. The fourth-order valence-corrected chi connectivity index (χ4v) is 2.49. The van der Waals surface area contributed by atoms with E-state index >= 15 is 0 Å². The molecule has 7 nitrogen and oxygen atoms in total. The summed E-state index contributed by atoms with van der Waals surface area (Å²) < 4.78 is 0. The van der Waals surface area contributed by atoms with Gasteiger partial charge in [-0.2, -0.15) is 0 Å². The summed E-state index contributed by atoms with van der Waals surface area (Å²) in [6, 6.07) is 5.24. The van der Waals surface area contributed by atoms with Crippen LogP contribution in [0.15, 0.2) is 24.3 Å². The van der Waals surface area contributed by atoms with Crippen LogP contribution in [0.4, 0.5) is 0 Å². The van der Waals surface area contributed by atoms with Gasteiger partial charge in [-0.25, -0.2) is 4.79 Å². The number of carboxylic acid groups (broad SMARTS) is 1. The lowest BCUT2D eigenvalue weighted by atomic mass is 9.93. The zero-order valence-electron chi connectivity index (χ0n) is 11.4. The molecule has 0 bridgehead atoms. The predicted molar refractivity (Wildman–Crippen MR) is 73.9 cm³/mol. The highest BCUT2D eigenvalue weighted by molar-refractivity contribution is 5.90. The van der Waals surface area contributed by atoms with Crippen molar-refractivity contribution < 1.29 is 19.5 Å². The summed E-state index contributed by atoms with van der Waals surface area (Å²) in [5, 5.41) is 9.32. The Labute approximate surface area is 121 Å². The molecule has 112 valence electrons. The smallest absolute Gasteiger partial charge is 0.326 e. The summed E-state index contributed by atoms with van der Waals surface area (Å²) in [4.78, 5) is 35.8. The number of nitrogens with zero attached hydrogens (tertiary/aromatic N) is 1. The van der Waals surface area contributed by atoms with Gasteiger partial charge in [-0.1, -0.05) is 24.3 Å². The Balaban J connectivity index is 2.26. The first-order valence-corrected chi connectivity index (χ1v) is 6.54. The van der Waals surface area contributed by atoms with E-state index in [1.54, 1.807) is 0 Å². The molecular weight excluding hydrogens is 274 g/mol. The van der Waals surface area contributed by atoms with Gasteiger partial charge >= 0.3 is 5.97 Å². The monoisotopic (exact) mass is 291 g/mol. The standard InChI is InChI=1S/C14H17N3O4/c15-10(6-12(16)18)13(19)17-7-9-4-2-1-3-8(9)5-11(17)14(20)21/h1-4,10-11H,5-7,15H2,(H2,16,18)(H,20,21)/t10?,11-/m1/s1. The van der Waals surface area contributed by atoms with Gasteiger partial charge in [0, 0.05) is 13.0 Å². The van der Waals surface area contributed by atoms with Crippen molar-refractivity contribution in [1.82, 2.24) is 4.90 Å². The number of carbonyl (C=O) groups is 3. The lowest BCUT2D eigenvalue weighted by molar-refractivity contribution is -0.152. The van der Waals surface area contributed by atoms with Crippen LogP contribution in [-0.2, 0) is 27.3 Å². The van der Waals surface area contributed by atoms with Crippen molar-refractivity contribution >= 4 is 17.8 Å². The van der Waals surface area contributed by atoms with Crippen LogP contribution in [0.5, 0.6) is 0 Å². The average molecular weight is 291 g/mol. The number of amides is 2. The van der Waals surface area contributed by atoms with E-state index in [9.17, 15) is 19.5 Å². The Kier molecular flexibility index (Phi) is 4.23. The van der Waals surface area contributed by atoms with Crippen molar-refractivity contribution in [3.8, 4) is 0 Å². The minimum absolute atomic E-state index is 0.165. The van der Waals surface area contributed by atoms with Gasteiger partial charge < -0.3 is 21.5 Å². The fourth-order valence-electron chi connectivity index (χ4n) is 2.49. The maximum Gasteiger partial charge on any atom is 0.326 e. The van der Waals surface area contributed by atoms with Crippen molar-refractivity contribution in [2.24, 2.45) is 11.5 Å². The van der Waals surface area contributed by atoms with Crippen LogP contribution in [-0.4, -0.2) is 39.9 Å². The van der Waals surface area contributed by atoms with Crippen LogP contribution in [0.25, 0.3) is 0 Å². The molecule has 7 heteroatoms. The van der Waals surface area contributed by atoms with E-state index in [1.165, 1.54) is 4.90 Å². The molecule has 21 heavy (non-hydrogen) atoms. The SMILES string of the molecule is NC(=O)CC(N)C(=O)N1Cc2ccccc2C[C@@H]1C(=O)O. The Morgan fingerprint density at radius 1 is 1.29 bits per heavy atom. The molecule has 5 N–H and O–H groups in total. The number of rotatable bonds is 4. The summed E-state index contributed by atoms with van der Waals surface area (Å²) in [7, 11) is 0. The van der Waals surface area contributed by atoms with Crippen LogP contribution in [0.2, 0.25) is 0 Å². The highest BCUT2D eigenvalue weighted by Gasteiger charge is 2.36. The Hall–Kier alpha value is -2.41. The number of primary amides is 1. The van der Waals surface area contributed by atoms with Gasteiger partial charge in [-0.15, -0.1) is 0 Å². The highest BCUT2D eigenvalue weighted by Crippen LogP contribution is 2.24. The van der Waals surface area contributed by atoms with Gasteiger partial charge in [-0.3, -0.25) is 9.59 Å². The van der Waals surface area contributed by atoms with Gasteiger partial charge in [0.2, 0.25) is 11.8 Å². The molecule has 0 saturated carbocycles. The number of benzene rings is 1. The van der Waals surface area contributed by atoms with E-state index in [-0.39, 0.29) is 19.4 Å². The number of carbonyl (C=O) groups excluding carboxylic acids is 2. The second-order valence-electron chi connectivity index (χ2n) is 5.07. The third-order valence-electron chi connectivity index (χ3n) is 3.55. The zero-order chi connectivity index (χ0) is 15.6. The second kappa shape index (κ2) is 5.92. The molecule has 1 aliphatic rings. The topological polar surface area (TPSA) is 127 Å². The maximum absolute atomic E-state index is 12.3. The first-order chi connectivity index (χ1) is 9.90. The van der Waals surface area contributed by atoms with Crippen LogP contribution in [0, 0.1) is 0 Å². The fraction of sp³-hybridized carbons (Fsp3) is 0.357. The molecule has 0 saturated heterocycles. The summed E-state index contributed by atoms with van der Waals surface area (Å²) in [6.45, 7) is 0.165. The molecular formula is C14H17N3O4. The molecule has 1 heterocycles. The van der Waals surface area contributed by atoms with Crippen molar-refractivity contribution in [2.45, 2.75) is 31.5 Å². The lowest BCUT2D eigenvalue weighted by Crippen LogP contribution is -2.54. The van der Waals surface area contributed by atoms with E-state index in [4.69, 9.17) is 11.5 Å². The summed E-state index contributed by atoms with van der Waals surface area (Å²) in [5.74, 6) is -2.36. The van der Waals surface area contributed by atoms with Crippen LogP contribution in [0.1, 0.15) is 17.5 Å². The van der Waals surface area contributed by atoms with Crippen molar-refractivity contribution in [3.63, 3.8) is 0 Å². The molecule has 0 aromatic heterocycles. The van der Waals surface area contributed by atoms with Gasteiger partial charge in [-0.05, 0) is 11.1 Å². The number of nitrogens with two attached hydrogens (primary N) is 2. The minimum Gasteiger partial charge on any atom is -0.480 e.